The van der Waals surface area contributed by atoms with Crippen LogP contribution in [0, 0.1) is 12.7 Å². The third-order valence-corrected chi connectivity index (χ3v) is 2.10. The molecule has 2 rings (SSSR count). The second-order valence-electron chi connectivity index (χ2n) is 3.32. The molecule has 0 aliphatic heterocycles. The van der Waals surface area contributed by atoms with Gasteiger partial charge in [-0.2, -0.15) is 4.98 Å². The molecule has 2 aromatic rings. The van der Waals surface area contributed by atoms with Crippen LogP contribution in [0.1, 0.15) is 5.82 Å². The van der Waals surface area contributed by atoms with Gasteiger partial charge < -0.3 is 9.47 Å². The van der Waals surface area contributed by atoms with Crippen LogP contribution in [-0.2, 0) is 0 Å². The van der Waals surface area contributed by atoms with Crippen LogP contribution in [0.2, 0.25) is 0 Å². The molecule has 17 heavy (non-hydrogen) atoms. The number of benzene rings is 1. The summed E-state index contributed by atoms with van der Waals surface area (Å²) in [6, 6.07) is 6.05. The van der Waals surface area contributed by atoms with Gasteiger partial charge in [-0.1, -0.05) is 6.07 Å². The average molecular weight is 234 g/mol. The lowest BCUT2D eigenvalue weighted by Gasteiger charge is -2.09. The van der Waals surface area contributed by atoms with Crippen molar-refractivity contribution in [3.8, 4) is 17.4 Å². The first-order chi connectivity index (χ1) is 8.20. The number of nitrogens with zero attached hydrogens (tertiary/aromatic N) is 2. The highest BCUT2D eigenvalue weighted by Gasteiger charge is 2.11. The highest BCUT2D eigenvalue weighted by atomic mass is 19.1. The van der Waals surface area contributed by atoms with Crippen molar-refractivity contribution in [1.82, 2.24) is 9.97 Å². The summed E-state index contributed by atoms with van der Waals surface area (Å²) in [7, 11) is 1.39. The second kappa shape index (κ2) is 4.78. The van der Waals surface area contributed by atoms with Crippen LogP contribution in [0.15, 0.2) is 30.5 Å². The maximum Gasteiger partial charge on any atom is 0.222 e. The zero-order chi connectivity index (χ0) is 12.3. The van der Waals surface area contributed by atoms with Gasteiger partial charge in [-0.3, -0.25) is 0 Å². The molecule has 0 N–H and O–H groups in total. The molecule has 5 heteroatoms. The minimum absolute atomic E-state index is 0.0590. The van der Waals surface area contributed by atoms with Gasteiger partial charge in [-0.05, 0) is 19.1 Å². The molecule has 4 nitrogen and oxygen atoms in total. The fourth-order valence-electron chi connectivity index (χ4n) is 1.37. The summed E-state index contributed by atoms with van der Waals surface area (Å²) in [6.07, 6.45) is 1.57. The quantitative estimate of drug-likeness (QED) is 0.819. The van der Waals surface area contributed by atoms with Crippen LogP contribution in [0.25, 0.3) is 0 Å². The molecule has 88 valence electrons. The lowest BCUT2D eigenvalue weighted by atomic mass is 10.3. The summed E-state index contributed by atoms with van der Waals surface area (Å²) in [4.78, 5) is 8.01. The minimum Gasteiger partial charge on any atom is -0.490 e. The molecule has 0 amide bonds. The highest BCUT2D eigenvalue weighted by molar-refractivity contribution is 5.42. The van der Waals surface area contributed by atoms with Crippen LogP contribution in [0.4, 0.5) is 4.39 Å². The fraction of sp³-hybridized carbons (Fsp3) is 0.167. The molecule has 0 aliphatic rings. The lowest BCUT2D eigenvalue weighted by Crippen LogP contribution is -1.96. The van der Waals surface area contributed by atoms with Gasteiger partial charge >= 0.3 is 0 Å². The molecule has 0 saturated heterocycles. The van der Waals surface area contributed by atoms with Crippen molar-refractivity contribution in [2.45, 2.75) is 6.92 Å². The number of ether oxygens (including phenoxy) is 2. The highest BCUT2D eigenvalue weighted by Crippen LogP contribution is 2.32. The van der Waals surface area contributed by atoms with Crippen molar-refractivity contribution in [1.29, 1.82) is 0 Å². The van der Waals surface area contributed by atoms with Crippen molar-refractivity contribution >= 4 is 0 Å². The van der Waals surface area contributed by atoms with E-state index in [0.717, 1.165) is 0 Å². The van der Waals surface area contributed by atoms with E-state index in [1.54, 1.807) is 31.3 Å². The van der Waals surface area contributed by atoms with Crippen molar-refractivity contribution in [2.75, 3.05) is 7.11 Å². The molecular weight excluding hydrogens is 223 g/mol. The van der Waals surface area contributed by atoms with Crippen LogP contribution >= 0.6 is 0 Å². The van der Waals surface area contributed by atoms with Gasteiger partial charge in [-0.15, -0.1) is 0 Å². The van der Waals surface area contributed by atoms with Crippen LogP contribution < -0.4 is 9.47 Å². The summed E-state index contributed by atoms with van der Waals surface area (Å²) in [6.45, 7) is 1.75. The van der Waals surface area contributed by atoms with E-state index in [1.807, 2.05) is 0 Å². The molecule has 0 aliphatic carbocycles. The van der Waals surface area contributed by atoms with Crippen LogP contribution in [-0.4, -0.2) is 17.1 Å². The summed E-state index contributed by atoms with van der Waals surface area (Å²) in [5.74, 6) is 0.796. The summed E-state index contributed by atoms with van der Waals surface area (Å²) in [5, 5.41) is 0. The molecule has 1 aromatic carbocycles. The third kappa shape index (κ3) is 2.50. The first-order valence-corrected chi connectivity index (χ1v) is 5.00. The molecule has 0 saturated carbocycles. The second-order valence-corrected chi connectivity index (χ2v) is 3.32. The van der Waals surface area contributed by atoms with Gasteiger partial charge in [0.15, 0.2) is 17.3 Å². The summed E-state index contributed by atoms with van der Waals surface area (Å²) < 4.78 is 23.8. The Kier molecular flexibility index (Phi) is 3.18. The van der Waals surface area contributed by atoms with Crippen LogP contribution in [0.3, 0.4) is 0 Å². The zero-order valence-electron chi connectivity index (χ0n) is 9.48. The van der Waals surface area contributed by atoms with E-state index in [2.05, 4.69) is 9.97 Å². The molecule has 0 atom stereocenters. The number of halogens is 1. The Hall–Kier alpha value is -2.17. The Bertz CT molecular complexity index is 532. The molecular formula is C12H11FN2O2. The Balaban J connectivity index is 2.33. The van der Waals surface area contributed by atoms with Crippen molar-refractivity contribution in [3.05, 3.63) is 42.1 Å². The number of rotatable bonds is 3. The predicted molar refractivity (Wildman–Crippen MR) is 59.8 cm³/mol. The predicted octanol–water partition coefficient (Wildman–Crippen LogP) is 2.73. The molecule has 0 radical (unpaired) electrons. The Labute approximate surface area is 98.1 Å². The minimum atomic E-state index is -0.476. The largest absolute Gasteiger partial charge is 0.490 e. The number of hydrogen-bond acceptors (Lipinski definition) is 4. The standard InChI is InChI=1S/C12H11FN2O2/c1-8-14-7-6-11(15-8)17-10-5-3-4-9(13)12(10)16-2/h3-7H,1-2H3. The van der Waals surface area contributed by atoms with E-state index in [9.17, 15) is 4.39 Å². The Morgan fingerprint density at radius 1 is 1.24 bits per heavy atom. The van der Waals surface area contributed by atoms with Crippen LogP contribution in [0.5, 0.6) is 17.4 Å². The van der Waals surface area contributed by atoms with Gasteiger partial charge in [0.05, 0.1) is 7.11 Å². The van der Waals surface area contributed by atoms with E-state index in [-0.39, 0.29) is 11.5 Å². The number of aryl methyl sites for hydroxylation is 1. The maximum absolute atomic E-state index is 13.4. The third-order valence-electron chi connectivity index (χ3n) is 2.10. The normalized spacial score (nSPS) is 10.1. The maximum atomic E-state index is 13.4. The Morgan fingerprint density at radius 2 is 2.06 bits per heavy atom. The van der Waals surface area contributed by atoms with E-state index in [1.165, 1.54) is 13.2 Å². The van der Waals surface area contributed by atoms with E-state index in [4.69, 9.17) is 9.47 Å². The topological polar surface area (TPSA) is 44.2 Å². The molecule has 0 fully saturated rings. The lowest BCUT2D eigenvalue weighted by molar-refractivity contribution is 0.352. The molecule has 1 heterocycles. The van der Waals surface area contributed by atoms with Gasteiger partial charge in [0.25, 0.3) is 0 Å². The van der Waals surface area contributed by atoms with Crippen molar-refractivity contribution in [2.24, 2.45) is 0 Å². The molecule has 0 bridgehead atoms. The monoisotopic (exact) mass is 234 g/mol. The molecule has 1 aromatic heterocycles. The smallest absolute Gasteiger partial charge is 0.222 e. The summed E-state index contributed by atoms with van der Waals surface area (Å²) >= 11 is 0. The van der Waals surface area contributed by atoms with Gasteiger partial charge in [0.2, 0.25) is 5.88 Å². The fourth-order valence-corrected chi connectivity index (χ4v) is 1.37. The SMILES string of the molecule is COc1c(F)cccc1Oc1ccnc(C)n1. The number of methoxy groups -OCH3 is 1. The van der Waals surface area contributed by atoms with E-state index < -0.39 is 5.82 Å². The number of aromatic nitrogens is 2. The number of hydrogen-bond donors (Lipinski definition) is 0. The Morgan fingerprint density at radius 3 is 2.76 bits per heavy atom. The van der Waals surface area contributed by atoms with Gasteiger partial charge in [-0.25, -0.2) is 9.37 Å². The van der Waals surface area contributed by atoms with E-state index >= 15 is 0 Å². The summed E-state index contributed by atoms with van der Waals surface area (Å²) in [5.41, 5.74) is 0. The average Bonchev–Trinajstić information content (AvgIpc) is 2.29. The zero-order valence-corrected chi connectivity index (χ0v) is 9.48. The number of para-hydroxylation sites is 1. The van der Waals surface area contributed by atoms with Crippen molar-refractivity contribution in [3.63, 3.8) is 0 Å². The molecule has 0 unspecified atom stereocenters. The first-order valence-electron chi connectivity index (χ1n) is 5.00. The molecule has 0 spiro atoms. The van der Waals surface area contributed by atoms with E-state index in [0.29, 0.717) is 11.7 Å². The van der Waals surface area contributed by atoms with Gasteiger partial charge in [0.1, 0.15) is 5.82 Å². The van der Waals surface area contributed by atoms with Gasteiger partial charge in [0, 0.05) is 12.3 Å². The first kappa shape index (κ1) is 11.3. The van der Waals surface area contributed by atoms with Crippen molar-refractivity contribution < 1.29 is 13.9 Å².